The summed E-state index contributed by atoms with van der Waals surface area (Å²) in [5.41, 5.74) is 1.60. The molecule has 1 amide bonds. The number of hydrogen-bond donors (Lipinski definition) is 1. The molecule has 106 valence electrons. The number of aryl methyl sites for hydroxylation is 1. The molecule has 1 aromatic heterocycles. The standard InChI is InChI=1S/C16H20N2O2/c1-4-12(3)17-15(19)10-18-14-8-6-5-7-13(14)11(2)9-16(18)20/h5-9,12H,4,10H2,1-3H3,(H,17,19). The molecule has 0 spiro atoms. The molecule has 0 saturated heterocycles. The summed E-state index contributed by atoms with van der Waals surface area (Å²) in [5.74, 6) is -0.129. The summed E-state index contributed by atoms with van der Waals surface area (Å²) in [5, 5.41) is 3.89. The van der Waals surface area contributed by atoms with Crippen LogP contribution in [0.3, 0.4) is 0 Å². The smallest absolute Gasteiger partial charge is 0.251 e. The highest BCUT2D eigenvalue weighted by Crippen LogP contribution is 2.15. The Morgan fingerprint density at radius 3 is 2.75 bits per heavy atom. The van der Waals surface area contributed by atoms with Crippen molar-refractivity contribution in [1.29, 1.82) is 0 Å². The first-order valence-corrected chi connectivity index (χ1v) is 6.91. The number of nitrogens with one attached hydrogen (secondary N) is 1. The Kier molecular flexibility index (Phi) is 4.23. The van der Waals surface area contributed by atoms with Gasteiger partial charge < -0.3 is 5.32 Å². The van der Waals surface area contributed by atoms with Gasteiger partial charge in [-0.15, -0.1) is 0 Å². The van der Waals surface area contributed by atoms with E-state index in [0.717, 1.165) is 22.9 Å². The SMILES string of the molecule is CCC(C)NC(=O)Cn1c(=O)cc(C)c2ccccc21. The lowest BCUT2D eigenvalue weighted by molar-refractivity contribution is -0.122. The molecule has 20 heavy (non-hydrogen) atoms. The van der Waals surface area contributed by atoms with Gasteiger partial charge in [0.25, 0.3) is 5.56 Å². The van der Waals surface area contributed by atoms with E-state index in [2.05, 4.69) is 5.32 Å². The van der Waals surface area contributed by atoms with E-state index in [-0.39, 0.29) is 24.1 Å². The molecule has 1 unspecified atom stereocenters. The van der Waals surface area contributed by atoms with Gasteiger partial charge in [0.05, 0.1) is 5.52 Å². The summed E-state index contributed by atoms with van der Waals surface area (Å²) in [6.45, 7) is 5.93. The number of amides is 1. The molecule has 1 heterocycles. The summed E-state index contributed by atoms with van der Waals surface area (Å²) >= 11 is 0. The molecule has 0 aliphatic carbocycles. The van der Waals surface area contributed by atoms with E-state index in [4.69, 9.17) is 0 Å². The second-order valence-corrected chi connectivity index (χ2v) is 5.15. The minimum Gasteiger partial charge on any atom is -0.352 e. The van der Waals surface area contributed by atoms with Crippen molar-refractivity contribution in [2.75, 3.05) is 0 Å². The van der Waals surface area contributed by atoms with Crippen LogP contribution in [-0.2, 0) is 11.3 Å². The van der Waals surface area contributed by atoms with Crippen LogP contribution in [0.25, 0.3) is 10.9 Å². The van der Waals surface area contributed by atoms with Crippen molar-refractivity contribution in [3.05, 3.63) is 46.2 Å². The molecular weight excluding hydrogens is 252 g/mol. The van der Waals surface area contributed by atoms with Gasteiger partial charge in [-0.05, 0) is 31.9 Å². The van der Waals surface area contributed by atoms with Crippen LogP contribution < -0.4 is 10.9 Å². The second-order valence-electron chi connectivity index (χ2n) is 5.15. The Hall–Kier alpha value is -2.10. The van der Waals surface area contributed by atoms with Crippen molar-refractivity contribution >= 4 is 16.8 Å². The van der Waals surface area contributed by atoms with Gasteiger partial charge in [0.2, 0.25) is 5.91 Å². The predicted octanol–water partition coefficient (Wildman–Crippen LogP) is 2.22. The van der Waals surface area contributed by atoms with Crippen LogP contribution in [0.15, 0.2) is 35.1 Å². The molecule has 2 rings (SSSR count). The third-order valence-electron chi connectivity index (χ3n) is 3.55. The van der Waals surface area contributed by atoms with Crippen LogP contribution in [-0.4, -0.2) is 16.5 Å². The van der Waals surface area contributed by atoms with Crippen molar-refractivity contribution in [3.63, 3.8) is 0 Å². The average Bonchev–Trinajstić information content (AvgIpc) is 2.43. The van der Waals surface area contributed by atoms with Gasteiger partial charge >= 0.3 is 0 Å². The zero-order chi connectivity index (χ0) is 14.7. The average molecular weight is 272 g/mol. The zero-order valence-electron chi connectivity index (χ0n) is 12.1. The highest BCUT2D eigenvalue weighted by atomic mass is 16.2. The van der Waals surface area contributed by atoms with Gasteiger partial charge in [0.15, 0.2) is 0 Å². The minimum absolute atomic E-state index is 0.0595. The summed E-state index contributed by atoms with van der Waals surface area (Å²) in [6.07, 6.45) is 0.870. The van der Waals surface area contributed by atoms with Crippen molar-refractivity contribution < 1.29 is 4.79 Å². The van der Waals surface area contributed by atoms with E-state index < -0.39 is 0 Å². The Morgan fingerprint density at radius 2 is 2.05 bits per heavy atom. The fourth-order valence-electron chi connectivity index (χ4n) is 2.23. The summed E-state index contributed by atoms with van der Waals surface area (Å²) in [7, 11) is 0. The van der Waals surface area contributed by atoms with E-state index in [1.807, 2.05) is 45.0 Å². The van der Waals surface area contributed by atoms with Gasteiger partial charge in [0, 0.05) is 17.5 Å². The molecule has 0 saturated carbocycles. The number of pyridine rings is 1. The zero-order valence-corrected chi connectivity index (χ0v) is 12.1. The van der Waals surface area contributed by atoms with Crippen molar-refractivity contribution in [1.82, 2.24) is 9.88 Å². The van der Waals surface area contributed by atoms with Gasteiger partial charge in [-0.1, -0.05) is 25.1 Å². The number of benzene rings is 1. The van der Waals surface area contributed by atoms with Crippen molar-refractivity contribution in [3.8, 4) is 0 Å². The van der Waals surface area contributed by atoms with E-state index in [0.29, 0.717) is 0 Å². The third-order valence-corrected chi connectivity index (χ3v) is 3.55. The maximum atomic E-state index is 12.1. The lowest BCUT2D eigenvalue weighted by Gasteiger charge is -2.14. The van der Waals surface area contributed by atoms with E-state index in [1.165, 1.54) is 4.57 Å². The summed E-state index contributed by atoms with van der Waals surface area (Å²) in [6, 6.07) is 9.36. The first kappa shape index (κ1) is 14.3. The molecule has 0 radical (unpaired) electrons. The first-order valence-electron chi connectivity index (χ1n) is 6.91. The van der Waals surface area contributed by atoms with Crippen LogP contribution in [0.5, 0.6) is 0 Å². The highest BCUT2D eigenvalue weighted by molar-refractivity contribution is 5.84. The molecule has 4 heteroatoms. The van der Waals surface area contributed by atoms with Gasteiger partial charge in [0.1, 0.15) is 6.54 Å². The molecule has 0 fully saturated rings. The first-order chi connectivity index (χ1) is 9.52. The molecule has 0 aliphatic rings. The third kappa shape index (κ3) is 2.90. The maximum Gasteiger partial charge on any atom is 0.251 e. The molecule has 0 bridgehead atoms. The number of aromatic nitrogens is 1. The summed E-state index contributed by atoms with van der Waals surface area (Å²) < 4.78 is 1.53. The number of nitrogens with zero attached hydrogens (tertiary/aromatic N) is 1. The van der Waals surface area contributed by atoms with Gasteiger partial charge in [-0.2, -0.15) is 0 Å². The highest BCUT2D eigenvalue weighted by Gasteiger charge is 2.11. The number of para-hydroxylation sites is 1. The Labute approximate surface area is 118 Å². The fourth-order valence-corrected chi connectivity index (χ4v) is 2.23. The predicted molar refractivity (Wildman–Crippen MR) is 80.8 cm³/mol. The molecule has 4 nitrogen and oxygen atoms in total. The van der Waals surface area contributed by atoms with Gasteiger partial charge in [-0.3, -0.25) is 14.2 Å². The Bertz CT molecular complexity index is 688. The number of fused-ring (bicyclic) bond motifs is 1. The summed E-state index contributed by atoms with van der Waals surface area (Å²) in [4.78, 5) is 24.1. The number of rotatable bonds is 4. The second kappa shape index (κ2) is 5.90. The largest absolute Gasteiger partial charge is 0.352 e. The lowest BCUT2D eigenvalue weighted by Crippen LogP contribution is -2.37. The molecule has 1 atom stereocenters. The number of hydrogen-bond acceptors (Lipinski definition) is 2. The van der Waals surface area contributed by atoms with Crippen LogP contribution >= 0.6 is 0 Å². The molecule has 0 aliphatic heterocycles. The lowest BCUT2D eigenvalue weighted by atomic mass is 10.1. The molecular formula is C16H20N2O2. The van der Waals surface area contributed by atoms with Crippen molar-refractivity contribution in [2.45, 2.75) is 39.8 Å². The topological polar surface area (TPSA) is 51.1 Å². The quantitative estimate of drug-likeness (QED) is 0.928. The van der Waals surface area contributed by atoms with E-state index >= 15 is 0 Å². The minimum atomic E-state index is -0.138. The fraction of sp³-hybridized carbons (Fsp3) is 0.375. The van der Waals surface area contributed by atoms with Gasteiger partial charge in [-0.25, -0.2) is 0 Å². The number of carbonyl (C=O) groups is 1. The molecule has 1 aromatic carbocycles. The van der Waals surface area contributed by atoms with E-state index in [9.17, 15) is 9.59 Å². The molecule has 1 N–H and O–H groups in total. The van der Waals surface area contributed by atoms with Crippen LogP contribution in [0.4, 0.5) is 0 Å². The normalized spacial score (nSPS) is 12.3. The maximum absolute atomic E-state index is 12.1. The monoisotopic (exact) mass is 272 g/mol. The van der Waals surface area contributed by atoms with Crippen LogP contribution in [0.2, 0.25) is 0 Å². The molecule has 2 aromatic rings. The van der Waals surface area contributed by atoms with E-state index in [1.54, 1.807) is 6.07 Å². The number of carbonyl (C=O) groups excluding carboxylic acids is 1. The Morgan fingerprint density at radius 1 is 1.35 bits per heavy atom. The van der Waals surface area contributed by atoms with Crippen LogP contribution in [0, 0.1) is 6.92 Å². The van der Waals surface area contributed by atoms with Crippen molar-refractivity contribution in [2.24, 2.45) is 0 Å². The van der Waals surface area contributed by atoms with Crippen LogP contribution in [0.1, 0.15) is 25.8 Å². The Balaban J connectivity index is 2.40.